The molecule has 4 rings (SSSR count). The molecule has 1 aliphatic rings. The molecule has 0 radical (unpaired) electrons. The van der Waals surface area contributed by atoms with Gasteiger partial charge in [-0.25, -0.2) is 0 Å². The van der Waals surface area contributed by atoms with Crippen LogP contribution in [-0.2, 0) is 11.4 Å². The van der Waals surface area contributed by atoms with Crippen LogP contribution in [0.4, 0.5) is 0 Å². The second-order valence-electron chi connectivity index (χ2n) is 7.27. The molecule has 0 bridgehead atoms. The standard InChI is InChI=1S/C25H18I2N2O4S2/c1-32-18-9-7-17(8-10-18)23(30)28-29-24(31)21(35-25(29)34)13-16-11-19(26)22(20(27)12-16)33-14-15-5-3-2-4-6-15/h2-13H,14H2,1H3,(H,28,30)/b21-13+. The Morgan fingerprint density at radius 2 is 1.74 bits per heavy atom. The van der Waals surface area contributed by atoms with E-state index in [4.69, 9.17) is 21.7 Å². The molecule has 1 heterocycles. The lowest BCUT2D eigenvalue weighted by Crippen LogP contribution is -2.44. The lowest BCUT2D eigenvalue weighted by atomic mass is 10.2. The maximum Gasteiger partial charge on any atom is 0.285 e. The van der Waals surface area contributed by atoms with Gasteiger partial charge in [-0.3, -0.25) is 15.0 Å². The Kier molecular flexibility index (Phi) is 8.68. The van der Waals surface area contributed by atoms with Gasteiger partial charge in [0.2, 0.25) is 0 Å². The SMILES string of the molecule is COc1ccc(C(=O)NN2C(=O)/C(=C\c3cc(I)c(OCc4ccccc4)c(I)c3)SC2=S)cc1. The van der Waals surface area contributed by atoms with Crippen molar-refractivity contribution >= 4 is 91.4 Å². The second kappa shape index (κ2) is 11.7. The van der Waals surface area contributed by atoms with Crippen LogP contribution in [0.1, 0.15) is 21.5 Å². The van der Waals surface area contributed by atoms with Crippen LogP contribution >= 0.6 is 69.2 Å². The van der Waals surface area contributed by atoms with Gasteiger partial charge in [0.05, 0.1) is 19.2 Å². The zero-order valence-corrected chi connectivity index (χ0v) is 24.2. The quantitative estimate of drug-likeness (QED) is 0.182. The predicted octanol–water partition coefficient (Wildman–Crippen LogP) is 6.03. The number of rotatable bonds is 7. The van der Waals surface area contributed by atoms with Crippen molar-refractivity contribution in [2.24, 2.45) is 0 Å². The number of hydrazine groups is 1. The molecular formula is C25H18I2N2O4S2. The van der Waals surface area contributed by atoms with Gasteiger partial charge in [0.1, 0.15) is 18.1 Å². The summed E-state index contributed by atoms with van der Waals surface area (Å²) in [6.07, 6.45) is 1.77. The largest absolute Gasteiger partial charge is 0.497 e. The van der Waals surface area contributed by atoms with Crippen molar-refractivity contribution in [2.45, 2.75) is 6.61 Å². The summed E-state index contributed by atoms with van der Waals surface area (Å²) in [7, 11) is 1.55. The Labute approximate surface area is 239 Å². The fraction of sp³-hybridized carbons (Fsp3) is 0.0800. The molecule has 0 aliphatic carbocycles. The van der Waals surface area contributed by atoms with Crippen molar-refractivity contribution in [1.29, 1.82) is 0 Å². The van der Waals surface area contributed by atoms with Crippen LogP contribution < -0.4 is 14.9 Å². The molecule has 1 fully saturated rings. The first-order valence-corrected chi connectivity index (χ1v) is 13.6. The number of thioether (sulfide) groups is 1. The maximum absolute atomic E-state index is 13.0. The average Bonchev–Trinajstić information content (AvgIpc) is 3.11. The van der Waals surface area contributed by atoms with Crippen molar-refractivity contribution in [3.05, 3.63) is 95.5 Å². The van der Waals surface area contributed by atoms with E-state index in [1.54, 1.807) is 37.5 Å². The maximum atomic E-state index is 13.0. The molecular weight excluding hydrogens is 710 g/mol. The minimum atomic E-state index is -0.436. The zero-order chi connectivity index (χ0) is 24.9. The Morgan fingerprint density at radius 3 is 2.37 bits per heavy atom. The van der Waals surface area contributed by atoms with Gasteiger partial charge in [0.25, 0.3) is 11.8 Å². The fourth-order valence-corrected chi connectivity index (χ4v) is 6.46. The second-order valence-corrected chi connectivity index (χ2v) is 11.3. The monoisotopic (exact) mass is 728 g/mol. The number of thiocarbonyl (C=S) groups is 1. The highest BCUT2D eigenvalue weighted by Gasteiger charge is 2.34. The third-order valence-electron chi connectivity index (χ3n) is 4.90. The molecule has 0 aromatic heterocycles. The number of methoxy groups -OCH3 is 1. The molecule has 10 heteroatoms. The fourth-order valence-electron chi connectivity index (χ4n) is 3.15. The van der Waals surface area contributed by atoms with Gasteiger partial charge in [-0.2, -0.15) is 5.01 Å². The smallest absolute Gasteiger partial charge is 0.285 e. The van der Waals surface area contributed by atoms with Crippen LogP contribution in [0.5, 0.6) is 11.5 Å². The number of nitrogens with zero attached hydrogens (tertiary/aromatic N) is 1. The Hall–Kier alpha value is -2.16. The molecule has 0 saturated carbocycles. The van der Waals surface area contributed by atoms with Crippen molar-refractivity contribution in [3.63, 3.8) is 0 Å². The van der Waals surface area contributed by atoms with E-state index in [2.05, 4.69) is 50.6 Å². The first kappa shape index (κ1) is 25.9. The van der Waals surface area contributed by atoms with E-state index >= 15 is 0 Å². The van der Waals surface area contributed by atoms with Crippen LogP contribution in [0.3, 0.4) is 0 Å². The van der Waals surface area contributed by atoms with Gasteiger partial charge >= 0.3 is 0 Å². The van der Waals surface area contributed by atoms with Gasteiger partial charge in [-0.05, 0) is 111 Å². The van der Waals surface area contributed by atoms with Crippen molar-refractivity contribution in [2.75, 3.05) is 7.11 Å². The molecule has 2 amide bonds. The van der Waals surface area contributed by atoms with Crippen molar-refractivity contribution in [3.8, 4) is 11.5 Å². The first-order valence-electron chi connectivity index (χ1n) is 10.2. The summed E-state index contributed by atoms with van der Waals surface area (Å²) >= 11 is 10.9. The molecule has 3 aromatic carbocycles. The molecule has 35 heavy (non-hydrogen) atoms. The third kappa shape index (κ3) is 6.35. The third-order valence-corrected chi connectivity index (χ3v) is 7.81. The Balaban J connectivity index is 1.46. The van der Waals surface area contributed by atoms with Crippen LogP contribution in [0.15, 0.2) is 71.6 Å². The highest BCUT2D eigenvalue weighted by molar-refractivity contribution is 14.1. The number of amides is 2. The van der Waals surface area contributed by atoms with Gasteiger partial charge in [-0.1, -0.05) is 42.1 Å². The van der Waals surface area contributed by atoms with Crippen molar-refractivity contribution < 1.29 is 19.1 Å². The highest BCUT2D eigenvalue weighted by atomic mass is 127. The summed E-state index contributed by atoms with van der Waals surface area (Å²) in [4.78, 5) is 26.0. The molecule has 0 spiro atoms. The van der Waals surface area contributed by atoms with Gasteiger partial charge in [0, 0.05) is 5.56 Å². The summed E-state index contributed by atoms with van der Waals surface area (Å²) in [5, 5.41) is 1.10. The van der Waals surface area contributed by atoms with E-state index in [1.807, 2.05) is 42.5 Å². The van der Waals surface area contributed by atoms with E-state index in [0.29, 0.717) is 22.8 Å². The van der Waals surface area contributed by atoms with Crippen molar-refractivity contribution in [1.82, 2.24) is 10.4 Å². The summed E-state index contributed by atoms with van der Waals surface area (Å²) in [5.41, 5.74) is 4.91. The number of hydrogen-bond acceptors (Lipinski definition) is 6. The number of nitrogens with one attached hydrogen (secondary N) is 1. The molecule has 1 aliphatic heterocycles. The average molecular weight is 728 g/mol. The lowest BCUT2D eigenvalue weighted by molar-refractivity contribution is -0.123. The summed E-state index contributed by atoms with van der Waals surface area (Å²) < 4.78 is 13.3. The molecule has 1 N–H and O–H groups in total. The Bertz CT molecular complexity index is 1290. The number of benzene rings is 3. The number of hydrogen-bond donors (Lipinski definition) is 1. The number of carbonyl (C=O) groups excluding carboxylic acids is 2. The van der Waals surface area contributed by atoms with Crippen LogP contribution in [0.25, 0.3) is 6.08 Å². The Morgan fingerprint density at radius 1 is 1.09 bits per heavy atom. The van der Waals surface area contributed by atoms with E-state index in [0.717, 1.165) is 40.8 Å². The molecule has 0 atom stereocenters. The van der Waals surface area contributed by atoms with Gasteiger partial charge in [-0.15, -0.1) is 0 Å². The molecule has 6 nitrogen and oxygen atoms in total. The van der Waals surface area contributed by atoms with E-state index < -0.39 is 5.91 Å². The minimum absolute atomic E-state index is 0.260. The minimum Gasteiger partial charge on any atom is -0.497 e. The van der Waals surface area contributed by atoms with Crippen LogP contribution in [-0.4, -0.2) is 28.3 Å². The zero-order valence-electron chi connectivity index (χ0n) is 18.3. The predicted molar refractivity (Wildman–Crippen MR) is 158 cm³/mol. The molecule has 178 valence electrons. The molecule has 1 saturated heterocycles. The first-order chi connectivity index (χ1) is 16.9. The van der Waals surface area contributed by atoms with E-state index in [9.17, 15) is 9.59 Å². The summed E-state index contributed by atoms with van der Waals surface area (Å²) in [5.74, 6) is 0.618. The molecule has 3 aromatic rings. The lowest BCUT2D eigenvalue weighted by Gasteiger charge is -2.15. The van der Waals surface area contributed by atoms with E-state index in [-0.39, 0.29) is 10.2 Å². The van der Waals surface area contributed by atoms with Crippen LogP contribution in [0, 0.1) is 7.14 Å². The van der Waals surface area contributed by atoms with Gasteiger partial charge < -0.3 is 9.47 Å². The topological polar surface area (TPSA) is 67.9 Å². The summed E-state index contributed by atoms with van der Waals surface area (Å²) in [6.45, 7) is 0.471. The number of halogens is 2. The summed E-state index contributed by atoms with van der Waals surface area (Å²) in [6, 6.07) is 20.5. The van der Waals surface area contributed by atoms with Crippen LogP contribution in [0.2, 0.25) is 0 Å². The normalized spacial score (nSPS) is 14.4. The molecule has 0 unspecified atom stereocenters. The highest BCUT2D eigenvalue weighted by Crippen LogP contribution is 2.34. The number of carbonyl (C=O) groups is 2. The van der Waals surface area contributed by atoms with E-state index in [1.165, 1.54) is 0 Å². The number of ether oxygens (including phenoxy) is 2. The van der Waals surface area contributed by atoms with Gasteiger partial charge in [0.15, 0.2) is 4.32 Å².